The molecule has 3 aromatic rings. The predicted octanol–water partition coefficient (Wildman–Crippen LogP) is 1.64. The second-order valence-electron chi connectivity index (χ2n) is 9.59. The van der Waals surface area contributed by atoms with E-state index < -0.39 is 21.5 Å². The van der Waals surface area contributed by atoms with Gasteiger partial charge in [-0.05, 0) is 45.0 Å². The van der Waals surface area contributed by atoms with Crippen molar-refractivity contribution >= 4 is 21.6 Å². The zero-order chi connectivity index (χ0) is 26.5. The van der Waals surface area contributed by atoms with E-state index in [1.165, 1.54) is 12.5 Å². The lowest BCUT2D eigenvalue weighted by molar-refractivity contribution is -0.122. The number of sulfonamides is 1. The number of aryl methyl sites for hydroxylation is 2. The van der Waals surface area contributed by atoms with Crippen molar-refractivity contribution in [1.82, 2.24) is 28.7 Å². The molecule has 0 aliphatic carbocycles. The van der Waals surface area contributed by atoms with E-state index in [2.05, 4.69) is 21.4 Å². The highest BCUT2D eigenvalue weighted by Crippen LogP contribution is 2.20. The molecule has 0 atom stereocenters. The van der Waals surface area contributed by atoms with Gasteiger partial charge in [-0.3, -0.25) is 4.79 Å². The average Bonchev–Trinajstić information content (AvgIpc) is 3.42. The summed E-state index contributed by atoms with van der Waals surface area (Å²) in [5, 5.41) is 11.9. The molecule has 2 heterocycles. The first-order valence-corrected chi connectivity index (χ1v) is 12.8. The van der Waals surface area contributed by atoms with Crippen LogP contribution in [0, 0.1) is 11.3 Å². The van der Waals surface area contributed by atoms with Gasteiger partial charge in [-0.15, -0.1) is 0 Å². The molecule has 0 fully saturated rings. The second kappa shape index (κ2) is 10.9. The molecule has 1 amide bonds. The Morgan fingerprint density at radius 2 is 1.83 bits per heavy atom. The standard InChI is InChI=1S/C24H32N8O3S/c1-24(2,3)28-22(33)15-32(36(34,35)23-16-29(4)18-27-23)11-10-31(14-21-13-26-17-30(21)5)20-8-6-19(12-25)7-9-20/h6-9,13,16-18H,10-11,14-15H2,1-5H3,(H,28,33). The van der Waals surface area contributed by atoms with Crippen LogP contribution >= 0.6 is 0 Å². The van der Waals surface area contributed by atoms with Crippen LogP contribution in [0.4, 0.5) is 5.69 Å². The molecule has 12 heteroatoms. The Morgan fingerprint density at radius 1 is 1.14 bits per heavy atom. The van der Waals surface area contributed by atoms with Gasteiger partial charge < -0.3 is 19.4 Å². The molecule has 0 saturated heterocycles. The van der Waals surface area contributed by atoms with Crippen LogP contribution in [0.15, 0.2) is 54.3 Å². The quantitative estimate of drug-likeness (QED) is 0.437. The smallest absolute Gasteiger partial charge is 0.262 e. The second-order valence-corrected chi connectivity index (χ2v) is 11.5. The van der Waals surface area contributed by atoms with Crippen molar-refractivity contribution in [3.05, 3.63) is 60.6 Å². The third kappa shape index (κ3) is 6.93. The zero-order valence-corrected chi connectivity index (χ0v) is 22.0. The molecule has 36 heavy (non-hydrogen) atoms. The molecule has 0 spiro atoms. The molecule has 2 aromatic heterocycles. The van der Waals surface area contributed by atoms with Gasteiger partial charge in [0.15, 0.2) is 5.03 Å². The van der Waals surface area contributed by atoms with Crippen molar-refractivity contribution in [3.8, 4) is 6.07 Å². The molecule has 11 nitrogen and oxygen atoms in total. The molecule has 192 valence electrons. The van der Waals surface area contributed by atoms with Crippen molar-refractivity contribution in [1.29, 1.82) is 5.26 Å². The van der Waals surface area contributed by atoms with Gasteiger partial charge in [0.1, 0.15) is 0 Å². The summed E-state index contributed by atoms with van der Waals surface area (Å²) in [5.74, 6) is -0.404. The number of hydrogen-bond acceptors (Lipinski definition) is 7. The Morgan fingerprint density at radius 3 is 2.36 bits per heavy atom. The Balaban J connectivity index is 1.90. The topological polar surface area (TPSA) is 129 Å². The van der Waals surface area contributed by atoms with E-state index in [0.717, 1.165) is 15.7 Å². The zero-order valence-electron chi connectivity index (χ0n) is 21.2. The minimum absolute atomic E-state index is 0.0360. The fourth-order valence-electron chi connectivity index (χ4n) is 3.57. The number of carbonyl (C=O) groups is 1. The summed E-state index contributed by atoms with van der Waals surface area (Å²) in [6, 6.07) is 9.17. The van der Waals surface area contributed by atoms with Gasteiger partial charge in [-0.25, -0.2) is 18.4 Å². The van der Waals surface area contributed by atoms with E-state index >= 15 is 0 Å². The molecular formula is C24H32N8O3S. The Hall–Kier alpha value is -3.69. The highest BCUT2D eigenvalue weighted by molar-refractivity contribution is 7.89. The van der Waals surface area contributed by atoms with Crippen LogP contribution in [0.3, 0.4) is 0 Å². The van der Waals surface area contributed by atoms with Crippen LogP contribution < -0.4 is 10.2 Å². The van der Waals surface area contributed by atoms with Gasteiger partial charge in [0.2, 0.25) is 5.91 Å². The lowest BCUT2D eigenvalue weighted by atomic mass is 10.1. The molecule has 0 saturated carbocycles. The van der Waals surface area contributed by atoms with Crippen LogP contribution in [-0.4, -0.2) is 62.9 Å². The SMILES string of the molecule is Cn1cnc(S(=O)(=O)N(CCN(Cc2cncn2C)c2ccc(C#N)cc2)CC(=O)NC(C)(C)C)c1. The van der Waals surface area contributed by atoms with E-state index in [-0.39, 0.29) is 24.7 Å². The number of benzene rings is 1. The predicted molar refractivity (Wildman–Crippen MR) is 135 cm³/mol. The van der Waals surface area contributed by atoms with Crippen LogP contribution in [0.5, 0.6) is 0 Å². The number of carbonyl (C=O) groups excluding carboxylic acids is 1. The molecular weight excluding hydrogens is 480 g/mol. The molecule has 0 aliphatic rings. The summed E-state index contributed by atoms with van der Waals surface area (Å²) in [4.78, 5) is 22.9. The highest BCUT2D eigenvalue weighted by atomic mass is 32.2. The molecule has 1 aromatic carbocycles. The summed E-state index contributed by atoms with van der Waals surface area (Å²) in [6.07, 6.45) is 6.26. The fourth-order valence-corrected chi connectivity index (χ4v) is 4.92. The molecule has 3 rings (SSSR count). The molecule has 1 N–H and O–H groups in total. The summed E-state index contributed by atoms with van der Waals surface area (Å²) in [6.45, 7) is 5.94. The molecule has 0 bridgehead atoms. The van der Waals surface area contributed by atoms with Gasteiger partial charge in [-0.2, -0.15) is 9.57 Å². The number of rotatable bonds is 10. The summed E-state index contributed by atoms with van der Waals surface area (Å²) >= 11 is 0. The van der Waals surface area contributed by atoms with Crippen molar-refractivity contribution in [2.45, 2.75) is 37.9 Å². The first-order valence-electron chi connectivity index (χ1n) is 11.4. The minimum Gasteiger partial charge on any atom is -0.364 e. The van der Waals surface area contributed by atoms with Crippen LogP contribution in [0.2, 0.25) is 0 Å². The average molecular weight is 513 g/mol. The van der Waals surface area contributed by atoms with E-state index in [0.29, 0.717) is 12.1 Å². The molecule has 0 radical (unpaired) electrons. The van der Waals surface area contributed by atoms with Gasteiger partial charge in [-0.1, -0.05) is 0 Å². The van der Waals surface area contributed by atoms with Crippen molar-refractivity contribution in [2.24, 2.45) is 14.1 Å². The van der Waals surface area contributed by atoms with Gasteiger partial charge >= 0.3 is 0 Å². The van der Waals surface area contributed by atoms with Crippen molar-refractivity contribution < 1.29 is 13.2 Å². The third-order valence-electron chi connectivity index (χ3n) is 5.37. The lowest BCUT2D eigenvalue weighted by Crippen LogP contribution is -2.48. The van der Waals surface area contributed by atoms with Crippen molar-refractivity contribution in [2.75, 3.05) is 24.5 Å². The van der Waals surface area contributed by atoms with E-state index in [1.54, 1.807) is 36.3 Å². The number of aromatic nitrogens is 4. The third-order valence-corrected chi connectivity index (χ3v) is 7.10. The fraction of sp³-hybridized carbons (Fsp3) is 0.417. The highest BCUT2D eigenvalue weighted by Gasteiger charge is 2.30. The monoisotopic (exact) mass is 512 g/mol. The maximum absolute atomic E-state index is 13.5. The molecule has 0 aliphatic heterocycles. The summed E-state index contributed by atoms with van der Waals surface area (Å²) < 4.78 is 31.5. The largest absolute Gasteiger partial charge is 0.364 e. The van der Waals surface area contributed by atoms with Gasteiger partial charge in [0.05, 0.1) is 43.1 Å². The normalized spacial score (nSPS) is 11.9. The first-order chi connectivity index (χ1) is 16.9. The number of nitrogens with one attached hydrogen (secondary N) is 1. The maximum Gasteiger partial charge on any atom is 0.262 e. The van der Waals surface area contributed by atoms with Gasteiger partial charge in [0.25, 0.3) is 10.0 Å². The minimum atomic E-state index is -4.04. The Kier molecular flexibility index (Phi) is 8.17. The first kappa shape index (κ1) is 26.9. The van der Waals surface area contributed by atoms with Crippen LogP contribution in [-0.2, 0) is 35.5 Å². The Bertz CT molecular complexity index is 1330. The van der Waals surface area contributed by atoms with Gasteiger partial charge in [0, 0.05) is 50.8 Å². The number of anilines is 1. The maximum atomic E-state index is 13.5. The number of nitrogens with zero attached hydrogens (tertiary/aromatic N) is 7. The molecule has 0 unspecified atom stereocenters. The van der Waals surface area contributed by atoms with E-state index in [4.69, 9.17) is 5.26 Å². The summed E-state index contributed by atoms with van der Waals surface area (Å²) in [7, 11) is -0.470. The van der Waals surface area contributed by atoms with Crippen LogP contribution in [0.1, 0.15) is 32.0 Å². The number of nitriles is 1. The van der Waals surface area contributed by atoms with E-state index in [1.807, 2.05) is 49.4 Å². The number of hydrogen-bond donors (Lipinski definition) is 1. The number of amides is 1. The number of imidazole rings is 2. The van der Waals surface area contributed by atoms with Crippen LogP contribution in [0.25, 0.3) is 0 Å². The van der Waals surface area contributed by atoms with Crippen molar-refractivity contribution in [3.63, 3.8) is 0 Å². The lowest BCUT2D eigenvalue weighted by Gasteiger charge is -2.29. The summed E-state index contributed by atoms with van der Waals surface area (Å²) in [5.41, 5.74) is 1.75. The van der Waals surface area contributed by atoms with E-state index in [9.17, 15) is 13.2 Å². The Labute approximate surface area is 212 Å².